The van der Waals surface area contributed by atoms with E-state index in [2.05, 4.69) is 39.1 Å². The van der Waals surface area contributed by atoms with Crippen LogP contribution < -0.4 is 14.8 Å². The monoisotopic (exact) mass is 265 g/mol. The first-order valence-electron chi connectivity index (χ1n) is 6.89. The third-order valence-corrected chi connectivity index (χ3v) is 3.22. The summed E-state index contributed by atoms with van der Waals surface area (Å²) in [5, 5.41) is 3.62. The first-order valence-corrected chi connectivity index (χ1v) is 6.89. The summed E-state index contributed by atoms with van der Waals surface area (Å²) in [5.41, 5.74) is 1.31. The molecule has 0 heterocycles. The molecule has 0 aliphatic carbocycles. The smallest absolute Gasteiger partial charge is 0.127 e. The van der Waals surface area contributed by atoms with E-state index in [-0.39, 0.29) is 11.5 Å². The molecular formula is C16H27NO2. The molecule has 1 aromatic rings. The van der Waals surface area contributed by atoms with Gasteiger partial charge in [-0.05, 0) is 24.4 Å². The Balaban J connectivity index is 3.14. The molecular weight excluding hydrogens is 238 g/mol. The zero-order valence-corrected chi connectivity index (χ0v) is 13.0. The van der Waals surface area contributed by atoms with Gasteiger partial charge in [-0.15, -0.1) is 0 Å². The molecule has 1 rings (SSSR count). The molecule has 1 atom stereocenters. The van der Waals surface area contributed by atoms with Crippen LogP contribution in [0.3, 0.4) is 0 Å². The lowest BCUT2D eigenvalue weighted by Gasteiger charge is -2.33. The Morgan fingerprint density at radius 3 is 2.32 bits per heavy atom. The van der Waals surface area contributed by atoms with Gasteiger partial charge in [0.2, 0.25) is 0 Å². The topological polar surface area (TPSA) is 30.5 Å². The maximum Gasteiger partial charge on any atom is 0.127 e. The first kappa shape index (κ1) is 15.8. The molecule has 3 heteroatoms. The van der Waals surface area contributed by atoms with Gasteiger partial charge in [-0.3, -0.25) is 0 Å². The fraction of sp³-hybridized carbons (Fsp3) is 0.625. The summed E-state index contributed by atoms with van der Waals surface area (Å²) in [6, 6.07) is 6.29. The number of ether oxygens (including phenoxy) is 2. The number of benzene rings is 1. The van der Waals surface area contributed by atoms with Gasteiger partial charge >= 0.3 is 0 Å². The van der Waals surface area contributed by atoms with Crippen LogP contribution in [0.2, 0.25) is 0 Å². The molecule has 0 radical (unpaired) electrons. The van der Waals surface area contributed by atoms with E-state index >= 15 is 0 Å². The van der Waals surface area contributed by atoms with Crippen LogP contribution in [0.1, 0.15) is 45.7 Å². The second-order valence-electron chi connectivity index (χ2n) is 5.86. The van der Waals surface area contributed by atoms with Gasteiger partial charge in [0, 0.05) is 17.7 Å². The van der Waals surface area contributed by atoms with Crippen molar-refractivity contribution in [3.8, 4) is 11.5 Å². The molecule has 0 spiro atoms. The minimum atomic E-state index is 0.122. The van der Waals surface area contributed by atoms with E-state index in [0.29, 0.717) is 0 Å². The molecule has 0 saturated carbocycles. The van der Waals surface area contributed by atoms with Crippen LogP contribution in [0, 0.1) is 5.41 Å². The van der Waals surface area contributed by atoms with E-state index < -0.39 is 0 Å². The Morgan fingerprint density at radius 2 is 1.84 bits per heavy atom. The van der Waals surface area contributed by atoms with Crippen LogP contribution in [-0.4, -0.2) is 20.8 Å². The van der Waals surface area contributed by atoms with Crippen LogP contribution in [-0.2, 0) is 0 Å². The third kappa shape index (κ3) is 4.13. The first-order chi connectivity index (χ1) is 8.93. The normalized spacial score (nSPS) is 13.2. The largest absolute Gasteiger partial charge is 0.497 e. The highest BCUT2D eigenvalue weighted by atomic mass is 16.5. The fourth-order valence-electron chi connectivity index (χ4n) is 2.23. The van der Waals surface area contributed by atoms with Crippen LogP contribution in [0.15, 0.2) is 18.2 Å². The lowest BCUT2D eigenvalue weighted by molar-refractivity contribution is 0.264. The minimum Gasteiger partial charge on any atom is -0.497 e. The second kappa shape index (κ2) is 6.80. The summed E-state index contributed by atoms with van der Waals surface area (Å²) >= 11 is 0. The summed E-state index contributed by atoms with van der Waals surface area (Å²) < 4.78 is 10.8. The van der Waals surface area contributed by atoms with Gasteiger partial charge in [-0.1, -0.05) is 33.8 Å². The molecule has 0 fully saturated rings. The Bertz CT molecular complexity index is 396. The fourth-order valence-corrected chi connectivity index (χ4v) is 2.23. The van der Waals surface area contributed by atoms with Gasteiger partial charge in [0.1, 0.15) is 11.5 Å². The molecule has 3 nitrogen and oxygen atoms in total. The molecule has 0 aliphatic rings. The highest BCUT2D eigenvalue weighted by molar-refractivity contribution is 5.43. The second-order valence-corrected chi connectivity index (χ2v) is 5.86. The molecule has 108 valence electrons. The minimum absolute atomic E-state index is 0.122. The zero-order chi connectivity index (χ0) is 14.5. The quantitative estimate of drug-likeness (QED) is 0.849. The van der Waals surface area contributed by atoms with Crippen molar-refractivity contribution in [3.05, 3.63) is 23.8 Å². The Kier molecular flexibility index (Phi) is 5.67. The van der Waals surface area contributed by atoms with Crippen molar-refractivity contribution in [2.45, 2.75) is 40.2 Å². The van der Waals surface area contributed by atoms with Crippen LogP contribution in [0.4, 0.5) is 0 Å². The van der Waals surface area contributed by atoms with Crippen molar-refractivity contribution in [1.29, 1.82) is 0 Å². The molecule has 0 bridgehead atoms. The van der Waals surface area contributed by atoms with Gasteiger partial charge in [0.25, 0.3) is 0 Å². The molecule has 0 aromatic heterocycles. The maximum absolute atomic E-state index is 5.52. The van der Waals surface area contributed by atoms with Crippen molar-refractivity contribution in [3.63, 3.8) is 0 Å². The molecule has 0 aliphatic heterocycles. The van der Waals surface area contributed by atoms with E-state index in [1.165, 1.54) is 5.56 Å². The standard InChI is InChI=1S/C16H27NO2/c1-7-10-17-15(16(2,3)4)13-9-8-12(18-5)11-14(13)19-6/h8-9,11,15,17H,7,10H2,1-6H3. The lowest BCUT2D eigenvalue weighted by atomic mass is 9.82. The summed E-state index contributed by atoms with van der Waals surface area (Å²) in [5.74, 6) is 1.70. The average Bonchev–Trinajstić information content (AvgIpc) is 2.37. The summed E-state index contributed by atoms with van der Waals surface area (Å²) in [7, 11) is 3.38. The molecule has 1 N–H and O–H groups in total. The third-order valence-electron chi connectivity index (χ3n) is 3.22. The number of nitrogens with one attached hydrogen (secondary N) is 1. The summed E-state index contributed by atoms with van der Waals surface area (Å²) in [6.07, 6.45) is 1.12. The molecule has 1 unspecified atom stereocenters. The molecule has 19 heavy (non-hydrogen) atoms. The predicted octanol–water partition coefficient (Wildman–Crippen LogP) is 3.79. The number of rotatable bonds is 6. The maximum atomic E-state index is 5.52. The number of hydrogen-bond donors (Lipinski definition) is 1. The van der Waals surface area contributed by atoms with E-state index in [1.54, 1.807) is 14.2 Å². The lowest BCUT2D eigenvalue weighted by Crippen LogP contribution is -2.33. The Morgan fingerprint density at radius 1 is 1.16 bits per heavy atom. The van der Waals surface area contributed by atoms with Crippen LogP contribution in [0.5, 0.6) is 11.5 Å². The van der Waals surface area contributed by atoms with E-state index in [0.717, 1.165) is 24.5 Å². The van der Waals surface area contributed by atoms with Crippen molar-refractivity contribution in [2.75, 3.05) is 20.8 Å². The van der Waals surface area contributed by atoms with Gasteiger partial charge in [0.15, 0.2) is 0 Å². The predicted molar refractivity (Wildman–Crippen MR) is 80.0 cm³/mol. The number of hydrogen-bond acceptors (Lipinski definition) is 3. The van der Waals surface area contributed by atoms with Crippen molar-refractivity contribution in [1.82, 2.24) is 5.32 Å². The zero-order valence-electron chi connectivity index (χ0n) is 13.0. The van der Waals surface area contributed by atoms with E-state index in [1.807, 2.05) is 12.1 Å². The molecule has 0 amide bonds. The van der Waals surface area contributed by atoms with E-state index in [9.17, 15) is 0 Å². The highest BCUT2D eigenvalue weighted by Crippen LogP contribution is 2.38. The molecule has 1 aromatic carbocycles. The number of methoxy groups -OCH3 is 2. The van der Waals surface area contributed by atoms with Crippen molar-refractivity contribution < 1.29 is 9.47 Å². The van der Waals surface area contributed by atoms with Crippen LogP contribution >= 0.6 is 0 Å². The average molecular weight is 265 g/mol. The Labute approximate surface area is 117 Å². The van der Waals surface area contributed by atoms with Gasteiger partial charge in [0.05, 0.1) is 14.2 Å². The Hall–Kier alpha value is -1.22. The van der Waals surface area contributed by atoms with Gasteiger partial charge in [-0.25, -0.2) is 0 Å². The van der Waals surface area contributed by atoms with Crippen molar-refractivity contribution in [2.24, 2.45) is 5.41 Å². The SMILES string of the molecule is CCCNC(c1ccc(OC)cc1OC)C(C)(C)C. The van der Waals surface area contributed by atoms with Crippen LogP contribution in [0.25, 0.3) is 0 Å². The van der Waals surface area contributed by atoms with Gasteiger partial charge in [-0.2, -0.15) is 0 Å². The summed E-state index contributed by atoms with van der Waals surface area (Å²) in [6.45, 7) is 9.90. The van der Waals surface area contributed by atoms with E-state index in [4.69, 9.17) is 9.47 Å². The van der Waals surface area contributed by atoms with Crippen molar-refractivity contribution >= 4 is 0 Å². The molecule has 0 saturated heterocycles. The highest BCUT2D eigenvalue weighted by Gasteiger charge is 2.28. The van der Waals surface area contributed by atoms with Gasteiger partial charge < -0.3 is 14.8 Å². The summed E-state index contributed by atoms with van der Waals surface area (Å²) in [4.78, 5) is 0.